The smallest absolute Gasteiger partial charge is 0.321 e. The summed E-state index contributed by atoms with van der Waals surface area (Å²) >= 11 is 0. The number of halogens is 1. The van der Waals surface area contributed by atoms with Gasteiger partial charge in [0.15, 0.2) is 0 Å². The number of carboxylic acid groups (broad SMARTS) is 2. The number of nitrogens with two attached hydrogens (primary N) is 1. The predicted octanol–water partition coefficient (Wildman–Crippen LogP) is -1.12. The molecule has 13 heavy (non-hydrogen) atoms. The van der Waals surface area contributed by atoms with Gasteiger partial charge in [-0.1, -0.05) is 0 Å². The molecule has 0 unspecified atom stereocenters. The van der Waals surface area contributed by atoms with Gasteiger partial charge < -0.3 is 21.3 Å². The summed E-state index contributed by atoms with van der Waals surface area (Å²) in [7, 11) is 0. The summed E-state index contributed by atoms with van der Waals surface area (Å²) < 4.78 is 0. The van der Waals surface area contributed by atoms with Crippen LogP contribution >= 0.6 is 12.4 Å². The molecule has 0 aromatic rings. The number of nitrogens with one attached hydrogen (secondary N) is 1. The lowest BCUT2D eigenvalue weighted by molar-refractivity contribution is -0.145. The molecule has 0 aliphatic heterocycles. The van der Waals surface area contributed by atoms with Crippen LogP contribution in [0.3, 0.4) is 0 Å². The SMILES string of the molecule is Cl.NCCN[C@@H](CC(=O)O)C(=O)O. The van der Waals surface area contributed by atoms with E-state index >= 15 is 0 Å². The number of hydrogen-bond donors (Lipinski definition) is 4. The first kappa shape index (κ1) is 14.7. The van der Waals surface area contributed by atoms with E-state index < -0.39 is 24.4 Å². The average molecular weight is 213 g/mol. The lowest BCUT2D eigenvalue weighted by atomic mass is 10.2. The fraction of sp³-hybridized carbons (Fsp3) is 0.667. The first-order valence-electron chi connectivity index (χ1n) is 3.46. The van der Waals surface area contributed by atoms with E-state index in [4.69, 9.17) is 15.9 Å². The van der Waals surface area contributed by atoms with Crippen molar-refractivity contribution < 1.29 is 19.8 Å². The van der Waals surface area contributed by atoms with E-state index in [1.54, 1.807) is 0 Å². The molecule has 0 bridgehead atoms. The van der Waals surface area contributed by atoms with Gasteiger partial charge in [-0.3, -0.25) is 9.59 Å². The highest BCUT2D eigenvalue weighted by molar-refractivity contribution is 5.85. The first-order valence-corrected chi connectivity index (χ1v) is 3.46. The molecule has 0 aliphatic rings. The highest BCUT2D eigenvalue weighted by Gasteiger charge is 2.19. The molecule has 78 valence electrons. The van der Waals surface area contributed by atoms with Crippen LogP contribution in [0.2, 0.25) is 0 Å². The zero-order valence-electron chi connectivity index (χ0n) is 6.90. The molecule has 0 spiro atoms. The maximum atomic E-state index is 10.4. The molecular formula is C6H13ClN2O4. The Bertz CT molecular complexity index is 176. The highest BCUT2D eigenvalue weighted by atomic mass is 35.5. The van der Waals surface area contributed by atoms with Crippen molar-refractivity contribution in [2.45, 2.75) is 12.5 Å². The average Bonchev–Trinajstić information content (AvgIpc) is 1.96. The van der Waals surface area contributed by atoms with Crippen LogP contribution in [-0.4, -0.2) is 41.3 Å². The van der Waals surface area contributed by atoms with Crippen LogP contribution in [0.5, 0.6) is 0 Å². The second-order valence-electron chi connectivity index (χ2n) is 2.23. The molecule has 0 aromatic heterocycles. The van der Waals surface area contributed by atoms with Gasteiger partial charge in [-0.2, -0.15) is 0 Å². The van der Waals surface area contributed by atoms with Crippen LogP contribution in [0.25, 0.3) is 0 Å². The van der Waals surface area contributed by atoms with E-state index in [-0.39, 0.29) is 19.0 Å². The van der Waals surface area contributed by atoms with Gasteiger partial charge in [-0.15, -0.1) is 12.4 Å². The Kier molecular flexibility index (Phi) is 8.78. The third-order valence-electron chi connectivity index (χ3n) is 1.21. The van der Waals surface area contributed by atoms with Crippen LogP contribution < -0.4 is 11.1 Å². The topological polar surface area (TPSA) is 113 Å². The molecule has 0 heterocycles. The first-order chi connectivity index (χ1) is 5.57. The van der Waals surface area contributed by atoms with E-state index in [1.807, 2.05) is 0 Å². The standard InChI is InChI=1S/C6H12N2O4.ClH/c7-1-2-8-4(6(11)12)3-5(9)10;/h4,8H,1-3,7H2,(H,9,10)(H,11,12);1H/t4-;/m0./s1. The van der Waals surface area contributed by atoms with Gasteiger partial charge in [0, 0.05) is 13.1 Å². The molecule has 0 fully saturated rings. The minimum atomic E-state index is -1.18. The molecule has 0 amide bonds. The van der Waals surface area contributed by atoms with E-state index in [2.05, 4.69) is 5.32 Å². The van der Waals surface area contributed by atoms with Gasteiger partial charge in [0.05, 0.1) is 6.42 Å². The Labute approximate surface area is 81.5 Å². The molecule has 0 radical (unpaired) electrons. The third kappa shape index (κ3) is 7.51. The number of aliphatic carboxylic acids is 2. The Balaban J connectivity index is 0. The number of carbonyl (C=O) groups is 2. The molecule has 0 saturated carbocycles. The van der Waals surface area contributed by atoms with Crippen molar-refractivity contribution in [3.8, 4) is 0 Å². The summed E-state index contributed by atoms with van der Waals surface area (Å²) in [5, 5.41) is 19.3. The van der Waals surface area contributed by atoms with Crippen LogP contribution in [-0.2, 0) is 9.59 Å². The minimum absolute atomic E-state index is 0. The van der Waals surface area contributed by atoms with Crippen LogP contribution in [0.4, 0.5) is 0 Å². The summed E-state index contributed by atoms with van der Waals surface area (Å²) in [6.07, 6.45) is -0.435. The van der Waals surface area contributed by atoms with Gasteiger partial charge in [0.25, 0.3) is 0 Å². The summed E-state index contributed by atoms with van der Waals surface area (Å²) in [4.78, 5) is 20.5. The van der Waals surface area contributed by atoms with Crippen LogP contribution in [0.15, 0.2) is 0 Å². The quantitative estimate of drug-likeness (QED) is 0.444. The summed E-state index contributed by atoms with van der Waals surface area (Å²) in [5.41, 5.74) is 5.10. The van der Waals surface area contributed by atoms with Crippen molar-refractivity contribution in [1.82, 2.24) is 5.32 Å². The summed E-state index contributed by atoms with van der Waals surface area (Å²) in [6.45, 7) is 0.577. The fourth-order valence-electron chi connectivity index (χ4n) is 0.679. The van der Waals surface area contributed by atoms with Crippen LogP contribution in [0.1, 0.15) is 6.42 Å². The second kappa shape index (κ2) is 7.78. The normalized spacial score (nSPS) is 11.5. The summed E-state index contributed by atoms with van der Waals surface area (Å²) in [6, 6.07) is -1.05. The fourth-order valence-corrected chi connectivity index (χ4v) is 0.679. The number of hydrogen-bond acceptors (Lipinski definition) is 4. The second-order valence-corrected chi connectivity index (χ2v) is 2.23. The van der Waals surface area contributed by atoms with Crippen molar-refractivity contribution >= 4 is 24.3 Å². The lowest BCUT2D eigenvalue weighted by Crippen LogP contribution is -2.40. The highest BCUT2D eigenvalue weighted by Crippen LogP contribution is 1.91. The van der Waals surface area contributed by atoms with Gasteiger partial charge in [0.2, 0.25) is 0 Å². The van der Waals surface area contributed by atoms with E-state index in [0.717, 1.165) is 0 Å². The molecule has 1 atom stereocenters. The molecule has 5 N–H and O–H groups in total. The van der Waals surface area contributed by atoms with Crippen molar-refractivity contribution in [3.05, 3.63) is 0 Å². The zero-order valence-corrected chi connectivity index (χ0v) is 7.71. The minimum Gasteiger partial charge on any atom is -0.481 e. The maximum absolute atomic E-state index is 10.4. The van der Waals surface area contributed by atoms with E-state index in [9.17, 15) is 9.59 Å². The molecule has 7 heteroatoms. The van der Waals surface area contributed by atoms with Crippen LogP contribution in [0, 0.1) is 0 Å². The van der Waals surface area contributed by atoms with Gasteiger partial charge >= 0.3 is 11.9 Å². The van der Waals surface area contributed by atoms with Crippen molar-refractivity contribution in [3.63, 3.8) is 0 Å². The Hall–Kier alpha value is -0.850. The van der Waals surface area contributed by atoms with Crippen molar-refractivity contribution in [2.75, 3.05) is 13.1 Å². The van der Waals surface area contributed by atoms with Crippen molar-refractivity contribution in [2.24, 2.45) is 5.73 Å². The van der Waals surface area contributed by atoms with E-state index in [1.165, 1.54) is 0 Å². The molecule has 0 aromatic carbocycles. The Morgan fingerprint density at radius 3 is 2.23 bits per heavy atom. The Morgan fingerprint density at radius 2 is 1.92 bits per heavy atom. The molecule has 0 saturated heterocycles. The molecular weight excluding hydrogens is 200 g/mol. The number of carboxylic acids is 2. The maximum Gasteiger partial charge on any atom is 0.321 e. The van der Waals surface area contributed by atoms with Gasteiger partial charge in [-0.05, 0) is 0 Å². The van der Waals surface area contributed by atoms with Crippen molar-refractivity contribution in [1.29, 1.82) is 0 Å². The molecule has 6 nitrogen and oxygen atoms in total. The third-order valence-corrected chi connectivity index (χ3v) is 1.21. The Morgan fingerprint density at radius 1 is 1.38 bits per heavy atom. The molecule has 0 rings (SSSR count). The van der Waals surface area contributed by atoms with Gasteiger partial charge in [-0.25, -0.2) is 0 Å². The molecule has 0 aliphatic carbocycles. The van der Waals surface area contributed by atoms with E-state index in [0.29, 0.717) is 6.54 Å². The summed E-state index contributed by atoms with van der Waals surface area (Å²) in [5.74, 6) is -2.32. The predicted molar refractivity (Wildman–Crippen MR) is 48.0 cm³/mol. The lowest BCUT2D eigenvalue weighted by Gasteiger charge is -2.10. The van der Waals surface area contributed by atoms with Gasteiger partial charge in [0.1, 0.15) is 6.04 Å². The monoisotopic (exact) mass is 212 g/mol. The number of rotatable bonds is 6. The zero-order chi connectivity index (χ0) is 9.56. The largest absolute Gasteiger partial charge is 0.481 e.